The highest BCUT2D eigenvalue weighted by Gasteiger charge is 2.08. The molecule has 3 aromatic carbocycles. The minimum absolute atomic E-state index is 0.183. The number of nitrogens with one attached hydrogen (secondary N) is 1. The molecule has 0 atom stereocenters. The van der Waals surface area contributed by atoms with E-state index in [1.165, 1.54) is 5.39 Å². The van der Waals surface area contributed by atoms with Crippen molar-refractivity contribution in [2.75, 3.05) is 13.2 Å². The lowest BCUT2D eigenvalue weighted by molar-refractivity contribution is 0.329. The van der Waals surface area contributed by atoms with E-state index in [9.17, 15) is 9.90 Å². The first-order valence-electron chi connectivity index (χ1n) is 8.68. The number of nitrogens with zero attached hydrogens (tertiary/aromatic N) is 1. The fourth-order valence-electron chi connectivity index (χ4n) is 3.05. The van der Waals surface area contributed by atoms with Crippen molar-refractivity contribution in [2.45, 2.75) is 0 Å². The van der Waals surface area contributed by atoms with Crippen LogP contribution in [0.1, 0.15) is 5.56 Å². The van der Waals surface area contributed by atoms with Gasteiger partial charge in [-0.3, -0.25) is 14.8 Å². The molecule has 27 heavy (non-hydrogen) atoms. The van der Waals surface area contributed by atoms with Gasteiger partial charge in [0.25, 0.3) is 5.56 Å². The maximum absolute atomic E-state index is 11.9. The summed E-state index contributed by atoms with van der Waals surface area (Å²) in [6.07, 6.45) is 1.57. The van der Waals surface area contributed by atoms with Crippen molar-refractivity contribution in [3.63, 3.8) is 0 Å². The zero-order valence-electron chi connectivity index (χ0n) is 14.6. The molecule has 0 aliphatic carbocycles. The van der Waals surface area contributed by atoms with Crippen molar-refractivity contribution in [1.82, 2.24) is 4.98 Å². The van der Waals surface area contributed by atoms with Gasteiger partial charge in [-0.15, -0.1) is 0 Å². The molecule has 4 aromatic rings. The van der Waals surface area contributed by atoms with E-state index in [1.54, 1.807) is 24.4 Å². The standard InChI is InChI=1S/C22H18N2O3/c25-21-19-8-4-3-7-18(19)20(22(26)24-21)14-23-11-12-27-17-10-9-15-5-1-2-6-16(15)13-17/h1-10,13-14H,11-12H2,(H2,24,25,26). The lowest BCUT2D eigenvalue weighted by atomic mass is 10.1. The van der Waals surface area contributed by atoms with E-state index in [1.807, 2.05) is 42.5 Å². The number of hydrogen-bond acceptors (Lipinski definition) is 4. The number of hydrogen-bond donors (Lipinski definition) is 2. The first kappa shape index (κ1) is 16.8. The van der Waals surface area contributed by atoms with Gasteiger partial charge in [0.05, 0.1) is 12.1 Å². The van der Waals surface area contributed by atoms with Crippen LogP contribution < -0.4 is 10.3 Å². The molecule has 0 saturated heterocycles. The van der Waals surface area contributed by atoms with Gasteiger partial charge in [0.15, 0.2) is 0 Å². The highest BCUT2D eigenvalue weighted by atomic mass is 16.5. The zero-order chi connectivity index (χ0) is 18.6. The van der Waals surface area contributed by atoms with Crippen molar-refractivity contribution in [2.24, 2.45) is 4.99 Å². The summed E-state index contributed by atoms with van der Waals surface area (Å²) in [5.41, 5.74) is 0.177. The molecule has 5 nitrogen and oxygen atoms in total. The first-order valence-corrected chi connectivity index (χ1v) is 8.68. The predicted molar refractivity (Wildman–Crippen MR) is 108 cm³/mol. The van der Waals surface area contributed by atoms with Gasteiger partial charge in [0.1, 0.15) is 12.4 Å². The van der Waals surface area contributed by atoms with Crippen LogP contribution in [0.15, 0.2) is 76.5 Å². The zero-order valence-corrected chi connectivity index (χ0v) is 14.6. The number of aromatic hydroxyl groups is 1. The molecule has 0 radical (unpaired) electrons. The van der Waals surface area contributed by atoms with E-state index in [2.05, 4.69) is 16.0 Å². The molecule has 0 aliphatic rings. The quantitative estimate of drug-likeness (QED) is 0.420. The van der Waals surface area contributed by atoms with E-state index in [0.717, 1.165) is 11.1 Å². The summed E-state index contributed by atoms with van der Waals surface area (Å²) in [7, 11) is 0. The molecule has 1 aromatic heterocycles. The Morgan fingerprint density at radius 1 is 0.963 bits per heavy atom. The number of aromatic nitrogens is 1. The SMILES string of the molecule is O=c1[nH]c(O)c(C=NCCOc2ccc3ccccc3c2)c2ccccc12. The number of pyridine rings is 1. The Bertz CT molecular complexity index is 1190. The van der Waals surface area contributed by atoms with E-state index >= 15 is 0 Å². The second kappa shape index (κ2) is 7.33. The van der Waals surface area contributed by atoms with Crippen molar-refractivity contribution < 1.29 is 9.84 Å². The third kappa shape index (κ3) is 3.53. The van der Waals surface area contributed by atoms with Gasteiger partial charge in [-0.05, 0) is 29.0 Å². The van der Waals surface area contributed by atoms with Crippen LogP contribution in [-0.2, 0) is 0 Å². The minimum Gasteiger partial charge on any atom is -0.494 e. The van der Waals surface area contributed by atoms with Crippen molar-refractivity contribution in [3.8, 4) is 11.6 Å². The van der Waals surface area contributed by atoms with Crippen LogP contribution in [0.5, 0.6) is 11.6 Å². The van der Waals surface area contributed by atoms with Gasteiger partial charge in [0.2, 0.25) is 5.88 Å². The summed E-state index contributed by atoms with van der Waals surface area (Å²) >= 11 is 0. The molecular formula is C22H18N2O3. The Morgan fingerprint density at radius 3 is 2.56 bits per heavy atom. The Labute approximate surface area is 155 Å². The molecule has 2 N–H and O–H groups in total. The van der Waals surface area contributed by atoms with E-state index in [4.69, 9.17) is 4.74 Å². The average molecular weight is 358 g/mol. The largest absolute Gasteiger partial charge is 0.494 e. The smallest absolute Gasteiger partial charge is 0.258 e. The molecule has 5 heteroatoms. The maximum atomic E-state index is 11.9. The molecule has 0 unspecified atom stereocenters. The third-order valence-corrected chi connectivity index (χ3v) is 4.38. The summed E-state index contributed by atoms with van der Waals surface area (Å²) in [6, 6.07) is 21.2. The Kier molecular flexibility index (Phi) is 4.58. The van der Waals surface area contributed by atoms with Crippen LogP contribution in [0.25, 0.3) is 21.5 Å². The summed E-state index contributed by atoms with van der Waals surface area (Å²) in [5.74, 6) is 0.610. The molecule has 134 valence electrons. The normalized spacial score (nSPS) is 11.4. The van der Waals surface area contributed by atoms with Gasteiger partial charge >= 0.3 is 0 Å². The van der Waals surface area contributed by atoms with Gasteiger partial charge in [0, 0.05) is 17.0 Å². The van der Waals surface area contributed by atoms with E-state index in [0.29, 0.717) is 29.5 Å². The van der Waals surface area contributed by atoms with E-state index in [-0.39, 0.29) is 11.4 Å². The van der Waals surface area contributed by atoms with Crippen molar-refractivity contribution >= 4 is 27.8 Å². The molecule has 0 fully saturated rings. The molecule has 1 heterocycles. The second-order valence-corrected chi connectivity index (χ2v) is 6.15. The highest BCUT2D eigenvalue weighted by Crippen LogP contribution is 2.21. The summed E-state index contributed by atoms with van der Waals surface area (Å²) < 4.78 is 5.75. The van der Waals surface area contributed by atoms with Crippen LogP contribution in [0.3, 0.4) is 0 Å². The van der Waals surface area contributed by atoms with Crippen LogP contribution >= 0.6 is 0 Å². The fraction of sp³-hybridized carbons (Fsp3) is 0.0909. The number of aliphatic imine (C=N–C) groups is 1. The maximum Gasteiger partial charge on any atom is 0.258 e. The lowest BCUT2D eigenvalue weighted by Crippen LogP contribution is -2.08. The van der Waals surface area contributed by atoms with E-state index < -0.39 is 0 Å². The number of fused-ring (bicyclic) bond motifs is 2. The van der Waals surface area contributed by atoms with Crippen LogP contribution in [0.4, 0.5) is 0 Å². The van der Waals surface area contributed by atoms with Crippen LogP contribution in [0, 0.1) is 0 Å². The molecular weight excluding hydrogens is 340 g/mol. The van der Waals surface area contributed by atoms with Gasteiger partial charge < -0.3 is 9.84 Å². The average Bonchev–Trinajstić information content (AvgIpc) is 2.70. The topological polar surface area (TPSA) is 74.7 Å². The van der Waals surface area contributed by atoms with Crippen molar-refractivity contribution in [1.29, 1.82) is 0 Å². The molecule has 0 aliphatic heterocycles. The summed E-state index contributed by atoms with van der Waals surface area (Å²) in [5, 5.41) is 13.5. The van der Waals surface area contributed by atoms with Gasteiger partial charge in [-0.25, -0.2) is 0 Å². The number of aromatic amines is 1. The van der Waals surface area contributed by atoms with Gasteiger partial charge in [-0.2, -0.15) is 0 Å². The number of benzene rings is 3. The lowest BCUT2D eigenvalue weighted by Gasteiger charge is -2.06. The summed E-state index contributed by atoms with van der Waals surface area (Å²) in [6.45, 7) is 0.844. The minimum atomic E-state index is -0.320. The molecule has 0 amide bonds. The highest BCUT2D eigenvalue weighted by molar-refractivity contribution is 6.01. The fourth-order valence-corrected chi connectivity index (χ4v) is 3.05. The van der Waals surface area contributed by atoms with Crippen molar-refractivity contribution in [3.05, 3.63) is 82.6 Å². The Hall–Kier alpha value is -3.60. The number of ether oxygens (including phenoxy) is 1. The number of H-pyrrole nitrogens is 1. The monoisotopic (exact) mass is 358 g/mol. The first-order chi connectivity index (χ1) is 13.2. The molecule has 0 saturated carbocycles. The van der Waals surface area contributed by atoms with Crippen LogP contribution in [0.2, 0.25) is 0 Å². The molecule has 0 bridgehead atoms. The van der Waals surface area contributed by atoms with Gasteiger partial charge in [-0.1, -0.05) is 48.5 Å². The second-order valence-electron chi connectivity index (χ2n) is 6.15. The Balaban J connectivity index is 1.45. The molecule has 0 spiro atoms. The number of rotatable bonds is 5. The summed E-state index contributed by atoms with van der Waals surface area (Å²) in [4.78, 5) is 18.7. The molecule has 4 rings (SSSR count). The Morgan fingerprint density at radius 2 is 1.70 bits per heavy atom. The van der Waals surface area contributed by atoms with Crippen LogP contribution in [-0.4, -0.2) is 29.5 Å². The third-order valence-electron chi connectivity index (χ3n) is 4.38. The predicted octanol–water partition coefficient (Wildman–Crippen LogP) is 3.88.